The largest absolute Gasteiger partial charge is 0.390 e. The number of ether oxygens (including phenoxy) is 6. The van der Waals surface area contributed by atoms with E-state index in [1.54, 1.807) is 0 Å². The van der Waals surface area contributed by atoms with E-state index >= 15 is 0 Å². The zero-order valence-corrected chi connectivity index (χ0v) is 47.2. The van der Waals surface area contributed by atoms with Crippen LogP contribution in [-0.4, -0.2) is 128 Å². The highest BCUT2D eigenvalue weighted by atomic mass is 16.5. The molecule has 5 N–H and O–H groups in total. The van der Waals surface area contributed by atoms with Gasteiger partial charge in [-0.1, -0.05) is 34.6 Å². The molecule has 0 radical (unpaired) electrons. The van der Waals surface area contributed by atoms with Gasteiger partial charge in [0.1, 0.15) is 0 Å². The molecular weight excluding hydrogens is 837 g/mol. The summed E-state index contributed by atoms with van der Waals surface area (Å²) in [7, 11) is 0. The molecular formula is C55H112O11. The molecule has 11 nitrogen and oxygen atoms in total. The van der Waals surface area contributed by atoms with E-state index in [1.165, 1.54) is 0 Å². The van der Waals surface area contributed by atoms with Gasteiger partial charge < -0.3 is 54.0 Å². The quantitative estimate of drug-likeness (QED) is 0.0400. The predicted octanol–water partition coefficient (Wildman–Crippen LogP) is 11.5. The Labute approximate surface area is 407 Å². The molecule has 0 rings (SSSR count). The molecule has 0 aliphatic heterocycles. The Morgan fingerprint density at radius 1 is 0.394 bits per heavy atom. The van der Waals surface area contributed by atoms with Crippen LogP contribution in [0.2, 0.25) is 0 Å². The van der Waals surface area contributed by atoms with Gasteiger partial charge in [0.15, 0.2) is 0 Å². The summed E-state index contributed by atoms with van der Waals surface area (Å²) in [6, 6.07) is 0. The van der Waals surface area contributed by atoms with Crippen LogP contribution in [0.5, 0.6) is 0 Å². The Morgan fingerprint density at radius 3 is 1.03 bits per heavy atom. The molecule has 398 valence electrons. The number of aliphatic hydroxyl groups is 5. The van der Waals surface area contributed by atoms with Crippen LogP contribution in [0.4, 0.5) is 0 Å². The molecule has 0 fully saturated rings. The highest BCUT2D eigenvalue weighted by Crippen LogP contribution is 2.49. The summed E-state index contributed by atoms with van der Waals surface area (Å²) < 4.78 is 41.1. The fraction of sp³-hybridized carbons (Fsp3) is 1.00. The SMILES string of the molecule is CCC(CC(COCC(CC(C)(C)OCCC(C)(C)O)(CC(C)(CC)OCCC(C)(C)O)CC(C)(CC)OCCC(C)(C)O)(CC(C)C)CC(C)(C)OCCC(C)(C)O)OCCC(C)(C)O. The zero-order valence-electron chi connectivity index (χ0n) is 47.2. The maximum absolute atomic E-state index is 10.7. The van der Waals surface area contributed by atoms with E-state index in [-0.39, 0.29) is 11.5 Å². The van der Waals surface area contributed by atoms with E-state index in [2.05, 4.69) is 76.2 Å². The van der Waals surface area contributed by atoms with Crippen molar-refractivity contribution in [3.63, 3.8) is 0 Å². The second-order valence-electron chi connectivity index (χ2n) is 26.2. The van der Waals surface area contributed by atoms with Crippen LogP contribution >= 0.6 is 0 Å². The minimum absolute atomic E-state index is 0.0742. The normalized spacial score (nSPS) is 18.2. The van der Waals surface area contributed by atoms with Gasteiger partial charge >= 0.3 is 0 Å². The second-order valence-corrected chi connectivity index (χ2v) is 26.2. The minimum atomic E-state index is -0.875. The Morgan fingerprint density at radius 2 is 0.712 bits per heavy atom. The molecule has 0 heterocycles. The third kappa shape index (κ3) is 31.7. The summed E-state index contributed by atoms with van der Waals surface area (Å²) in [4.78, 5) is 0. The molecule has 0 spiro atoms. The molecule has 66 heavy (non-hydrogen) atoms. The lowest BCUT2D eigenvalue weighted by Gasteiger charge is -2.49. The topological polar surface area (TPSA) is 157 Å². The molecule has 0 aliphatic carbocycles. The van der Waals surface area contributed by atoms with Crippen molar-refractivity contribution in [3.05, 3.63) is 0 Å². The van der Waals surface area contributed by atoms with Crippen molar-refractivity contribution < 1.29 is 54.0 Å². The molecule has 0 saturated carbocycles. The van der Waals surface area contributed by atoms with E-state index in [0.717, 1.165) is 32.1 Å². The van der Waals surface area contributed by atoms with Crippen LogP contribution in [0, 0.1) is 16.7 Å². The molecule has 0 aliphatic rings. The first-order chi connectivity index (χ1) is 29.5. The summed E-state index contributed by atoms with van der Waals surface area (Å²) in [5.41, 5.74) is -7.61. The third-order valence-electron chi connectivity index (χ3n) is 13.2. The minimum Gasteiger partial charge on any atom is -0.390 e. The maximum atomic E-state index is 10.7. The summed E-state index contributed by atoms with van der Waals surface area (Å²) >= 11 is 0. The van der Waals surface area contributed by atoms with Gasteiger partial charge in [-0.2, -0.15) is 0 Å². The van der Waals surface area contributed by atoms with Crippen LogP contribution in [0.15, 0.2) is 0 Å². The number of hydrogen-bond donors (Lipinski definition) is 5. The lowest BCUT2D eigenvalue weighted by Crippen LogP contribution is -2.49. The molecule has 0 aromatic rings. The Balaban J connectivity index is 7.82. The average Bonchev–Trinajstić information content (AvgIpc) is 3.07. The van der Waals surface area contributed by atoms with Gasteiger partial charge in [0.05, 0.1) is 96.2 Å². The van der Waals surface area contributed by atoms with Gasteiger partial charge in [-0.3, -0.25) is 0 Å². The van der Waals surface area contributed by atoms with Gasteiger partial charge in [-0.05, 0) is 212 Å². The van der Waals surface area contributed by atoms with Crippen LogP contribution in [0.3, 0.4) is 0 Å². The van der Waals surface area contributed by atoms with Crippen molar-refractivity contribution in [2.75, 3.05) is 46.2 Å². The molecule has 0 aromatic carbocycles. The Hall–Kier alpha value is -0.440. The lowest BCUT2D eigenvalue weighted by atomic mass is 9.65. The molecule has 0 amide bonds. The Kier molecular flexibility index (Phi) is 26.7. The van der Waals surface area contributed by atoms with Crippen molar-refractivity contribution in [2.45, 2.75) is 292 Å². The van der Waals surface area contributed by atoms with Gasteiger partial charge in [-0.15, -0.1) is 0 Å². The van der Waals surface area contributed by atoms with Gasteiger partial charge in [0.25, 0.3) is 0 Å². The van der Waals surface area contributed by atoms with Crippen molar-refractivity contribution in [3.8, 4) is 0 Å². The van der Waals surface area contributed by atoms with Crippen LogP contribution in [0.25, 0.3) is 0 Å². The zero-order chi connectivity index (χ0) is 51.7. The number of hydrogen-bond acceptors (Lipinski definition) is 11. The Bertz CT molecular complexity index is 1260. The predicted molar refractivity (Wildman–Crippen MR) is 272 cm³/mol. The molecule has 0 saturated heterocycles. The van der Waals surface area contributed by atoms with Crippen molar-refractivity contribution in [1.82, 2.24) is 0 Å². The van der Waals surface area contributed by atoms with Gasteiger partial charge in [0, 0.05) is 12.0 Å². The summed E-state index contributed by atoms with van der Waals surface area (Å²) in [6.45, 7) is 45.0. The molecule has 4 atom stereocenters. The maximum Gasteiger partial charge on any atom is 0.0658 e. The van der Waals surface area contributed by atoms with Crippen LogP contribution < -0.4 is 0 Å². The van der Waals surface area contributed by atoms with E-state index < -0.39 is 55.8 Å². The van der Waals surface area contributed by atoms with Crippen molar-refractivity contribution >= 4 is 0 Å². The standard InChI is InChI=1S/C55H112O11/c1-22-44(62-30-25-45(6,7)56)36-54(35-43(4)5,37-50(16,17)63-31-26-46(8,9)57)41-61-42-55(38-51(18,19)64-32-27-47(10,11)58,39-52(20,23-2)65-33-28-48(12,13)59)40-53(21,24-3)66-34-29-49(14,15)60/h43-44,56-60H,22-42H2,1-21H3. The molecule has 4 unspecified atom stereocenters. The summed E-state index contributed by atoms with van der Waals surface area (Å²) in [5.74, 6) is 0.336. The monoisotopic (exact) mass is 949 g/mol. The highest BCUT2D eigenvalue weighted by molar-refractivity contribution is 4.99. The first-order valence-electron chi connectivity index (χ1n) is 25.9. The van der Waals surface area contributed by atoms with Gasteiger partial charge in [-0.25, -0.2) is 0 Å². The summed E-state index contributed by atoms with van der Waals surface area (Å²) in [5, 5.41) is 53.2. The van der Waals surface area contributed by atoms with Crippen LogP contribution in [0.1, 0.15) is 235 Å². The smallest absolute Gasteiger partial charge is 0.0658 e. The van der Waals surface area contributed by atoms with Crippen molar-refractivity contribution in [1.29, 1.82) is 0 Å². The summed E-state index contributed by atoms with van der Waals surface area (Å²) in [6.07, 6.45) is 8.90. The van der Waals surface area contributed by atoms with Gasteiger partial charge in [0.2, 0.25) is 0 Å². The fourth-order valence-electron chi connectivity index (χ4n) is 9.67. The van der Waals surface area contributed by atoms with Crippen molar-refractivity contribution in [2.24, 2.45) is 16.7 Å². The van der Waals surface area contributed by atoms with Crippen LogP contribution in [-0.2, 0) is 28.4 Å². The second kappa shape index (κ2) is 26.8. The van der Waals surface area contributed by atoms with E-state index in [0.29, 0.717) is 110 Å². The molecule has 0 aromatic heterocycles. The third-order valence-corrected chi connectivity index (χ3v) is 13.2. The van der Waals surface area contributed by atoms with E-state index in [9.17, 15) is 25.5 Å². The highest BCUT2D eigenvalue weighted by Gasteiger charge is 2.48. The molecule has 0 bridgehead atoms. The molecule has 11 heteroatoms. The number of rotatable bonds is 39. The fourth-order valence-corrected chi connectivity index (χ4v) is 9.67. The first kappa shape index (κ1) is 65.6. The van der Waals surface area contributed by atoms with E-state index in [4.69, 9.17) is 28.4 Å². The lowest BCUT2D eigenvalue weighted by molar-refractivity contribution is -0.162. The van der Waals surface area contributed by atoms with E-state index in [1.807, 2.05) is 69.2 Å². The first-order valence-corrected chi connectivity index (χ1v) is 25.9. The average molecular weight is 949 g/mol.